The average Bonchev–Trinajstić information content (AvgIpc) is 2.71. The molecule has 26 heavy (non-hydrogen) atoms. The van der Waals surface area contributed by atoms with Crippen LogP contribution in [0.2, 0.25) is 0 Å². The molecule has 7 nitrogen and oxygen atoms in total. The van der Waals surface area contributed by atoms with Gasteiger partial charge in [-0.25, -0.2) is 4.90 Å². The number of benzene rings is 1. The molecule has 2 N–H and O–H groups in total. The van der Waals surface area contributed by atoms with Gasteiger partial charge in [-0.15, -0.1) is 0 Å². The molecule has 0 aromatic heterocycles. The van der Waals surface area contributed by atoms with Gasteiger partial charge in [-0.05, 0) is 50.9 Å². The van der Waals surface area contributed by atoms with Gasteiger partial charge in [0.25, 0.3) is 0 Å². The maximum Gasteiger partial charge on any atom is 0.204 e. The molecule has 0 bridgehead atoms. The third-order valence-electron chi connectivity index (χ3n) is 5.36. The van der Waals surface area contributed by atoms with Gasteiger partial charge in [0, 0.05) is 19.6 Å². The molecule has 0 amide bonds. The smallest absolute Gasteiger partial charge is 0.204 e. The van der Waals surface area contributed by atoms with E-state index in [-0.39, 0.29) is 18.1 Å². The molecule has 1 saturated heterocycles. The number of likely N-dealkylation sites (tertiary alicyclic amines) is 1. The van der Waals surface area contributed by atoms with Crippen molar-refractivity contribution in [3.05, 3.63) is 24.3 Å². The molecule has 1 fully saturated rings. The van der Waals surface area contributed by atoms with Gasteiger partial charge in [0.05, 0.1) is 0 Å². The van der Waals surface area contributed by atoms with Crippen LogP contribution in [-0.4, -0.2) is 61.2 Å². The van der Waals surface area contributed by atoms with E-state index in [1.165, 1.54) is 4.90 Å². The summed E-state index contributed by atoms with van der Waals surface area (Å²) < 4.78 is 12.0. The first kappa shape index (κ1) is 18.3. The Balaban J connectivity index is 1.50. The first-order valence-electron chi connectivity index (χ1n) is 9.18. The molecule has 2 aliphatic rings. The first-order valence-corrected chi connectivity index (χ1v) is 9.18. The minimum Gasteiger partial charge on any atom is -0.486 e. The molecule has 0 radical (unpaired) electrons. The summed E-state index contributed by atoms with van der Waals surface area (Å²) in [7, 11) is 1.67. The van der Waals surface area contributed by atoms with Crippen LogP contribution in [0.15, 0.2) is 24.3 Å². The largest absolute Gasteiger partial charge is 0.486 e. The zero-order valence-corrected chi connectivity index (χ0v) is 15.4. The van der Waals surface area contributed by atoms with E-state index in [2.05, 4.69) is 23.3 Å². The Labute approximate surface area is 155 Å². The summed E-state index contributed by atoms with van der Waals surface area (Å²) in [5.74, 6) is 2.23. The topological polar surface area (TPSA) is 84.6 Å². The third kappa shape index (κ3) is 4.02. The number of rotatable bonds is 4. The summed E-state index contributed by atoms with van der Waals surface area (Å²) >= 11 is 0. The minimum absolute atomic E-state index is 0.0227. The molecule has 140 valence electrons. The lowest BCUT2D eigenvalue weighted by Gasteiger charge is -2.40. The summed E-state index contributed by atoms with van der Waals surface area (Å²) in [6, 6.07) is 8.07. The SMILES string of the molecule is CNC(=N)N(C#N)CC1CCN(C(C)C2COc3ccccc3O2)CC1. The molecular weight excluding hydrogens is 330 g/mol. The van der Waals surface area contributed by atoms with Crippen molar-refractivity contribution < 1.29 is 9.47 Å². The van der Waals surface area contributed by atoms with Gasteiger partial charge < -0.3 is 14.8 Å². The fraction of sp³-hybridized carbons (Fsp3) is 0.579. The number of hydrogen-bond acceptors (Lipinski definition) is 5. The van der Waals surface area contributed by atoms with E-state index < -0.39 is 0 Å². The molecule has 1 aromatic rings. The molecule has 2 unspecified atom stereocenters. The van der Waals surface area contributed by atoms with Crippen molar-refractivity contribution in [3.63, 3.8) is 0 Å². The molecule has 7 heteroatoms. The monoisotopic (exact) mass is 357 g/mol. The van der Waals surface area contributed by atoms with Crippen molar-refractivity contribution in [1.29, 1.82) is 10.7 Å². The van der Waals surface area contributed by atoms with E-state index in [0.29, 0.717) is 19.1 Å². The molecule has 0 spiro atoms. The lowest BCUT2D eigenvalue weighted by molar-refractivity contribution is 0.00766. The predicted octanol–water partition coefficient (Wildman–Crippen LogP) is 1.86. The molecule has 2 atom stereocenters. The van der Waals surface area contributed by atoms with Gasteiger partial charge in [-0.1, -0.05) is 12.1 Å². The van der Waals surface area contributed by atoms with Crippen molar-refractivity contribution in [3.8, 4) is 17.7 Å². The Morgan fingerprint density at radius 1 is 1.38 bits per heavy atom. The quantitative estimate of drug-likeness (QED) is 0.370. The highest BCUT2D eigenvalue weighted by Gasteiger charge is 2.32. The number of fused-ring (bicyclic) bond motifs is 1. The van der Waals surface area contributed by atoms with Crippen molar-refractivity contribution in [2.24, 2.45) is 5.92 Å². The number of nitrogens with one attached hydrogen (secondary N) is 2. The molecule has 0 aliphatic carbocycles. The van der Waals surface area contributed by atoms with Gasteiger partial charge in [0.15, 0.2) is 17.7 Å². The zero-order chi connectivity index (χ0) is 18.5. The van der Waals surface area contributed by atoms with E-state index >= 15 is 0 Å². The van der Waals surface area contributed by atoms with Gasteiger partial charge in [0.1, 0.15) is 12.7 Å². The summed E-state index contributed by atoms with van der Waals surface area (Å²) in [4.78, 5) is 3.87. The molecule has 1 aromatic carbocycles. The van der Waals surface area contributed by atoms with Crippen LogP contribution in [0.4, 0.5) is 0 Å². The molecule has 0 saturated carbocycles. The van der Waals surface area contributed by atoms with Crippen LogP contribution in [0, 0.1) is 22.8 Å². The van der Waals surface area contributed by atoms with Crippen LogP contribution < -0.4 is 14.8 Å². The van der Waals surface area contributed by atoms with Gasteiger partial charge in [0.2, 0.25) is 5.96 Å². The Bertz CT molecular complexity index is 666. The average molecular weight is 357 g/mol. The van der Waals surface area contributed by atoms with Crippen molar-refractivity contribution in [2.75, 3.05) is 33.3 Å². The molecule has 3 rings (SSSR count). The van der Waals surface area contributed by atoms with E-state index in [1.807, 2.05) is 24.3 Å². The first-order chi connectivity index (χ1) is 12.6. The van der Waals surface area contributed by atoms with Crippen LogP contribution in [-0.2, 0) is 0 Å². The number of piperidine rings is 1. The number of para-hydroxylation sites is 2. The van der Waals surface area contributed by atoms with Crippen LogP contribution >= 0.6 is 0 Å². The van der Waals surface area contributed by atoms with E-state index in [1.54, 1.807) is 7.05 Å². The van der Waals surface area contributed by atoms with Gasteiger partial charge >= 0.3 is 0 Å². The fourth-order valence-corrected chi connectivity index (χ4v) is 3.63. The summed E-state index contributed by atoms with van der Waals surface area (Å²) in [6.45, 7) is 5.31. The highest BCUT2D eigenvalue weighted by molar-refractivity contribution is 5.77. The zero-order valence-electron chi connectivity index (χ0n) is 15.4. The second-order valence-corrected chi connectivity index (χ2v) is 6.94. The fourth-order valence-electron chi connectivity index (χ4n) is 3.63. The van der Waals surface area contributed by atoms with Crippen LogP contribution in [0.5, 0.6) is 11.5 Å². The molecule has 2 heterocycles. The summed E-state index contributed by atoms with van der Waals surface area (Å²) in [5, 5.41) is 19.7. The Morgan fingerprint density at radius 2 is 2.08 bits per heavy atom. The van der Waals surface area contributed by atoms with E-state index in [9.17, 15) is 5.26 Å². The van der Waals surface area contributed by atoms with Crippen LogP contribution in [0.3, 0.4) is 0 Å². The summed E-state index contributed by atoms with van der Waals surface area (Å²) in [5.41, 5.74) is 0. The standard InChI is InChI=1S/C19H27N5O2/c1-14(18-12-25-16-5-3-4-6-17(16)26-18)23-9-7-15(8-10-23)11-24(13-20)19(21)22-2/h3-6,14-15,18H,7-12H2,1-2H3,(H2,21,22). The number of hydrogen-bond donors (Lipinski definition) is 2. The van der Waals surface area contributed by atoms with Crippen LogP contribution in [0.25, 0.3) is 0 Å². The second kappa shape index (κ2) is 8.28. The Morgan fingerprint density at radius 3 is 2.73 bits per heavy atom. The Kier molecular flexibility index (Phi) is 5.84. The number of ether oxygens (including phenoxy) is 2. The molecular formula is C19H27N5O2. The Hall–Kier alpha value is -2.46. The summed E-state index contributed by atoms with van der Waals surface area (Å²) in [6.07, 6.45) is 4.15. The maximum atomic E-state index is 9.20. The van der Waals surface area contributed by atoms with Crippen molar-refractivity contribution in [2.45, 2.75) is 31.9 Å². The second-order valence-electron chi connectivity index (χ2n) is 6.94. The van der Waals surface area contributed by atoms with Crippen molar-refractivity contribution in [1.82, 2.24) is 15.1 Å². The number of nitriles is 1. The van der Waals surface area contributed by atoms with Gasteiger partial charge in [-0.2, -0.15) is 5.26 Å². The normalized spacial score (nSPS) is 21.5. The highest BCUT2D eigenvalue weighted by atomic mass is 16.6. The third-order valence-corrected chi connectivity index (χ3v) is 5.36. The van der Waals surface area contributed by atoms with E-state index in [4.69, 9.17) is 14.9 Å². The molecule has 2 aliphatic heterocycles. The highest BCUT2D eigenvalue weighted by Crippen LogP contribution is 2.33. The predicted molar refractivity (Wildman–Crippen MR) is 99.2 cm³/mol. The maximum absolute atomic E-state index is 9.20. The van der Waals surface area contributed by atoms with E-state index in [0.717, 1.165) is 37.4 Å². The lowest BCUT2D eigenvalue weighted by Crippen LogP contribution is -2.51. The van der Waals surface area contributed by atoms with Gasteiger partial charge in [-0.3, -0.25) is 10.3 Å². The van der Waals surface area contributed by atoms with Crippen molar-refractivity contribution >= 4 is 5.96 Å². The van der Waals surface area contributed by atoms with Crippen LogP contribution in [0.1, 0.15) is 19.8 Å². The number of nitrogens with zero attached hydrogens (tertiary/aromatic N) is 3. The number of guanidine groups is 1. The minimum atomic E-state index is 0.0227. The lowest BCUT2D eigenvalue weighted by atomic mass is 9.94.